The summed E-state index contributed by atoms with van der Waals surface area (Å²) in [6, 6.07) is 18.2. The molecule has 1 aliphatic heterocycles. The van der Waals surface area contributed by atoms with Crippen LogP contribution in [-0.2, 0) is 17.6 Å². The fraction of sp³-hybridized carbons (Fsp3) is 0.280. The smallest absolute Gasteiger partial charge is 0.387 e. The van der Waals surface area contributed by atoms with E-state index in [0.717, 1.165) is 17.1 Å². The number of pyridine rings is 1. The minimum Gasteiger partial charge on any atom is -0.481 e. The summed E-state index contributed by atoms with van der Waals surface area (Å²) in [4.78, 5) is 15.5. The second kappa shape index (κ2) is 10.9. The molecule has 0 saturated heterocycles. The second-order valence-electron chi connectivity index (χ2n) is 8.01. The Labute approximate surface area is 196 Å². The van der Waals surface area contributed by atoms with Crippen molar-refractivity contribution in [2.24, 2.45) is 0 Å². The van der Waals surface area contributed by atoms with E-state index in [1.54, 1.807) is 12.3 Å². The van der Waals surface area contributed by atoms with Crippen LogP contribution in [0.3, 0.4) is 0 Å². The molecule has 0 amide bonds. The average Bonchev–Trinajstić information content (AvgIpc) is 2.83. The van der Waals surface area contributed by atoms with Gasteiger partial charge in [0, 0.05) is 12.7 Å². The van der Waals surface area contributed by atoms with Gasteiger partial charge in [-0.25, -0.2) is 4.98 Å². The van der Waals surface area contributed by atoms with E-state index < -0.39 is 12.6 Å². The van der Waals surface area contributed by atoms with Gasteiger partial charge in [-0.05, 0) is 47.9 Å². The number of hydrogen-bond donors (Lipinski definition) is 4. The highest BCUT2D eigenvalue weighted by atomic mass is 19.3. The summed E-state index contributed by atoms with van der Waals surface area (Å²) < 4.78 is 30.5. The number of anilines is 2. The van der Waals surface area contributed by atoms with Crippen LogP contribution in [0.5, 0.6) is 5.75 Å². The van der Waals surface area contributed by atoms with E-state index in [9.17, 15) is 13.6 Å². The van der Waals surface area contributed by atoms with Gasteiger partial charge in [0.1, 0.15) is 11.6 Å². The molecule has 0 radical (unpaired) electrons. The third-order valence-corrected chi connectivity index (χ3v) is 5.66. The van der Waals surface area contributed by atoms with Crippen LogP contribution < -0.4 is 20.7 Å². The lowest BCUT2D eigenvalue weighted by Crippen LogP contribution is -2.44. The number of hydrogen-bond acceptors (Lipinski definition) is 6. The first-order chi connectivity index (χ1) is 16.5. The first-order valence-corrected chi connectivity index (χ1v) is 11.0. The quantitative estimate of drug-likeness (QED) is 0.356. The SMILES string of the molecule is O=C(O)Cc1ccc(OC(F)F)c(CCN[C@H](c2ccccc2)[C@H]2CNc3cccnc3N2)c1. The first-order valence-electron chi connectivity index (χ1n) is 11.0. The molecule has 2 atom stereocenters. The second-order valence-corrected chi connectivity index (χ2v) is 8.01. The topological polar surface area (TPSA) is 95.5 Å². The number of nitrogens with zero attached hydrogens (tertiary/aromatic N) is 1. The van der Waals surface area contributed by atoms with Crippen molar-refractivity contribution >= 4 is 17.5 Å². The highest BCUT2D eigenvalue weighted by Crippen LogP contribution is 2.29. The van der Waals surface area contributed by atoms with Crippen LogP contribution in [0.4, 0.5) is 20.3 Å². The number of nitrogens with one attached hydrogen (secondary N) is 3. The summed E-state index contributed by atoms with van der Waals surface area (Å²) in [5.74, 6) is -0.159. The molecule has 0 unspecified atom stereocenters. The summed E-state index contributed by atoms with van der Waals surface area (Å²) in [6.07, 6.45) is 1.93. The highest BCUT2D eigenvalue weighted by Gasteiger charge is 2.27. The van der Waals surface area contributed by atoms with E-state index in [1.165, 1.54) is 12.1 Å². The average molecular weight is 469 g/mol. The lowest BCUT2D eigenvalue weighted by Gasteiger charge is -2.34. The van der Waals surface area contributed by atoms with Crippen molar-refractivity contribution < 1.29 is 23.4 Å². The molecule has 1 aromatic heterocycles. The van der Waals surface area contributed by atoms with Gasteiger partial charge in [0.25, 0.3) is 0 Å². The Morgan fingerprint density at radius 2 is 2.00 bits per heavy atom. The molecule has 0 saturated carbocycles. The molecule has 4 N–H and O–H groups in total. The predicted molar refractivity (Wildman–Crippen MR) is 125 cm³/mol. The number of aromatic nitrogens is 1. The Bertz CT molecular complexity index is 1110. The van der Waals surface area contributed by atoms with Crippen LogP contribution in [0.15, 0.2) is 66.9 Å². The normalized spacial score (nSPS) is 15.7. The van der Waals surface area contributed by atoms with Crippen molar-refractivity contribution in [3.8, 4) is 5.75 Å². The molecule has 2 heterocycles. The number of fused-ring (bicyclic) bond motifs is 1. The minimum atomic E-state index is -2.96. The molecular formula is C25H26F2N4O3. The zero-order valence-corrected chi connectivity index (χ0v) is 18.4. The van der Waals surface area contributed by atoms with Gasteiger partial charge < -0.3 is 25.8 Å². The third-order valence-electron chi connectivity index (χ3n) is 5.66. The molecule has 178 valence electrons. The van der Waals surface area contributed by atoms with E-state index in [1.807, 2.05) is 42.5 Å². The summed E-state index contributed by atoms with van der Waals surface area (Å²) in [5.41, 5.74) is 3.07. The number of halogens is 2. The maximum absolute atomic E-state index is 12.9. The highest BCUT2D eigenvalue weighted by molar-refractivity contribution is 5.70. The Kier molecular flexibility index (Phi) is 7.54. The molecule has 0 aliphatic carbocycles. The number of ether oxygens (including phenoxy) is 1. The van der Waals surface area contributed by atoms with Crippen LogP contribution in [0, 0.1) is 0 Å². The molecule has 7 nitrogen and oxygen atoms in total. The Morgan fingerprint density at radius 1 is 1.18 bits per heavy atom. The van der Waals surface area contributed by atoms with Crippen LogP contribution >= 0.6 is 0 Å². The number of alkyl halides is 2. The zero-order valence-electron chi connectivity index (χ0n) is 18.4. The largest absolute Gasteiger partial charge is 0.481 e. The van der Waals surface area contributed by atoms with Gasteiger partial charge in [-0.2, -0.15) is 8.78 Å². The molecular weight excluding hydrogens is 442 g/mol. The van der Waals surface area contributed by atoms with E-state index >= 15 is 0 Å². The van der Waals surface area contributed by atoms with E-state index in [-0.39, 0.29) is 24.3 Å². The lowest BCUT2D eigenvalue weighted by atomic mass is 9.97. The van der Waals surface area contributed by atoms with E-state index in [2.05, 4.69) is 25.7 Å². The minimum absolute atomic E-state index is 0.0140. The van der Waals surface area contributed by atoms with Crippen LogP contribution in [-0.4, -0.2) is 41.8 Å². The van der Waals surface area contributed by atoms with Crippen LogP contribution in [0.2, 0.25) is 0 Å². The number of carboxylic acid groups (broad SMARTS) is 1. The summed E-state index contributed by atoms with van der Waals surface area (Å²) in [7, 11) is 0. The van der Waals surface area contributed by atoms with Gasteiger partial charge in [-0.3, -0.25) is 4.79 Å². The van der Waals surface area contributed by atoms with Crippen molar-refractivity contribution in [2.45, 2.75) is 31.5 Å². The summed E-state index contributed by atoms with van der Waals surface area (Å²) in [5, 5.41) is 19.5. The van der Waals surface area contributed by atoms with Gasteiger partial charge >= 0.3 is 12.6 Å². The fourth-order valence-corrected chi connectivity index (χ4v) is 4.15. The molecule has 2 aromatic carbocycles. The molecule has 9 heteroatoms. The molecule has 0 spiro atoms. The first kappa shape index (κ1) is 23.4. The van der Waals surface area contributed by atoms with Crippen molar-refractivity contribution in [3.05, 3.63) is 83.6 Å². The van der Waals surface area contributed by atoms with Crippen molar-refractivity contribution in [3.63, 3.8) is 0 Å². The molecule has 34 heavy (non-hydrogen) atoms. The summed E-state index contributed by atoms with van der Waals surface area (Å²) >= 11 is 0. The van der Waals surface area contributed by atoms with Crippen molar-refractivity contribution in [2.75, 3.05) is 23.7 Å². The van der Waals surface area contributed by atoms with Gasteiger partial charge in [0.05, 0.1) is 24.2 Å². The Hall–Kier alpha value is -3.72. The van der Waals surface area contributed by atoms with E-state index in [0.29, 0.717) is 30.6 Å². The Balaban J connectivity index is 1.50. The molecule has 4 rings (SSSR count). The maximum Gasteiger partial charge on any atom is 0.387 e. The maximum atomic E-state index is 12.9. The molecule has 0 bridgehead atoms. The van der Waals surface area contributed by atoms with Crippen LogP contribution in [0.1, 0.15) is 22.7 Å². The molecule has 0 fully saturated rings. The van der Waals surface area contributed by atoms with Gasteiger partial charge in [0.2, 0.25) is 0 Å². The number of carboxylic acids is 1. The standard InChI is InChI=1S/C25H26F2N4O3/c26-25(27)34-21-9-8-16(14-22(32)33)13-18(21)10-12-28-23(17-5-2-1-3-6-17)20-15-30-19-7-4-11-29-24(19)31-20/h1-9,11,13,20,23,25,28,30H,10,12,14-15H2,(H,29,31)(H,32,33)/t20-,23-/m1/s1. The molecule has 3 aromatic rings. The van der Waals surface area contributed by atoms with Crippen LogP contribution in [0.25, 0.3) is 0 Å². The predicted octanol–water partition coefficient (Wildman–Crippen LogP) is 4.09. The van der Waals surface area contributed by atoms with Crippen molar-refractivity contribution in [1.29, 1.82) is 0 Å². The lowest BCUT2D eigenvalue weighted by molar-refractivity contribution is -0.136. The number of benzene rings is 2. The Morgan fingerprint density at radius 3 is 2.76 bits per heavy atom. The zero-order chi connectivity index (χ0) is 23.9. The molecule has 1 aliphatic rings. The van der Waals surface area contributed by atoms with E-state index in [4.69, 9.17) is 5.11 Å². The van der Waals surface area contributed by atoms with Crippen molar-refractivity contribution in [1.82, 2.24) is 10.3 Å². The third kappa shape index (κ3) is 5.99. The van der Waals surface area contributed by atoms with Gasteiger partial charge in [-0.1, -0.05) is 42.5 Å². The van der Waals surface area contributed by atoms with Gasteiger partial charge in [0.15, 0.2) is 0 Å². The number of carbonyl (C=O) groups is 1. The monoisotopic (exact) mass is 468 g/mol. The summed E-state index contributed by atoms with van der Waals surface area (Å²) in [6.45, 7) is -1.83. The number of aliphatic carboxylic acids is 1. The van der Waals surface area contributed by atoms with Gasteiger partial charge in [-0.15, -0.1) is 0 Å². The fourth-order valence-electron chi connectivity index (χ4n) is 4.15. The number of rotatable bonds is 10.